The number of thiazole rings is 1. The lowest BCUT2D eigenvalue weighted by atomic mass is 9.99. The fourth-order valence-electron chi connectivity index (χ4n) is 2.73. The van der Waals surface area contributed by atoms with Crippen molar-refractivity contribution in [1.29, 1.82) is 0 Å². The van der Waals surface area contributed by atoms with Crippen molar-refractivity contribution in [2.45, 2.75) is 26.3 Å². The zero-order valence-electron chi connectivity index (χ0n) is 15.7. The van der Waals surface area contributed by atoms with Gasteiger partial charge in [-0.1, -0.05) is 61.9 Å². The fourth-order valence-corrected chi connectivity index (χ4v) is 3.69. The highest BCUT2D eigenvalue weighted by atomic mass is 32.1. The van der Waals surface area contributed by atoms with Crippen LogP contribution in [0.1, 0.15) is 36.8 Å². The number of hydrogen-bond acceptors (Lipinski definition) is 8. The van der Waals surface area contributed by atoms with Gasteiger partial charge in [0.2, 0.25) is 0 Å². The summed E-state index contributed by atoms with van der Waals surface area (Å²) in [4.78, 5) is 30.0. The van der Waals surface area contributed by atoms with Crippen LogP contribution in [0.25, 0.3) is 10.4 Å². The number of esters is 1. The highest BCUT2D eigenvalue weighted by molar-refractivity contribution is 7.19. The number of hydrogen-bond donors (Lipinski definition) is 1. The van der Waals surface area contributed by atoms with Crippen LogP contribution in [-0.4, -0.2) is 44.2 Å². The van der Waals surface area contributed by atoms with Crippen LogP contribution in [-0.2, 0) is 9.53 Å². The minimum Gasteiger partial charge on any atom is -0.464 e. The van der Waals surface area contributed by atoms with Gasteiger partial charge in [-0.15, -0.1) is 5.10 Å². The summed E-state index contributed by atoms with van der Waals surface area (Å²) in [6, 6.07) is 8.76. The molecule has 0 saturated heterocycles. The summed E-state index contributed by atoms with van der Waals surface area (Å²) in [7, 11) is 1.30. The second-order valence-corrected chi connectivity index (χ2v) is 7.16. The third kappa shape index (κ3) is 4.06. The molecular formula is C18H20N6O3S. The average molecular weight is 400 g/mol. The molecule has 1 amide bonds. The Morgan fingerprint density at radius 3 is 2.64 bits per heavy atom. The molecular weight excluding hydrogens is 380 g/mol. The summed E-state index contributed by atoms with van der Waals surface area (Å²) in [5.74, 6) is -0.863. The number of anilines is 1. The predicted molar refractivity (Wildman–Crippen MR) is 104 cm³/mol. The molecule has 0 unspecified atom stereocenters. The summed E-state index contributed by atoms with van der Waals surface area (Å²) in [6.07, 6.45) is 2.17. The minimum atomic E-state index is -0.592. The lowest BCUT2D eigenvalue weighted by molar-refractivity contribution is -0.121. The molecule has 2 heterocycles. The number of aromatic nitrogens is 5. The Kier molecular flexibility index (Phi) is 6.09. The number of methoxy groups -OCH3 is 1. The quantitative estimate of drug-likeness (QED) is 0.607. The van der Waals surface area contributed by atoms with Crippen LogP contribution in [0.3, 0.4) is 0 Å². The van der Waals surface area contributed by atoms with E-state index >= 15 is 0 Å². The van der Waals surface area contributed by atoms with E-state index in [0.29, 0.717) is 10.0 Å². The van der Waals surface area contributed by atoms with Gasteiger partial charge in [0.15, 0.2) is 10.8 Å². The summed E-state index contributed by atoms with van der Waals surface area (Å²) in [5.41, 5.74) is 0.983. The van der Waals surface area contributed by atoms with Crippen LogP contribution in [0.2, 0.25) is 0 Å². The van der Waals surface area contributed by atoms with Crippen molar-refractivity contribution in [3.63, 3.8) is 0 Å². The summed E-state index contributed by atoms with van der Waals surface area (Å²) in [6.45, 7) is 3.94. The van der Waals surface area contributed by atoms with Crippen molar-refractivity contribution < 1.29 is 14.3 Å². The lowest BCUT2D eigenvalue weighted by Gasteiger charge is -2.20. The third-order valence-corrected chi connectivity index (χ3v) is 5.39. The van der Waals surface area contributed by atoms with Crippen molar-refractivity contribution in [3.8, 4) is 10.4 Å². The van der Waals surface area contributed by atoms with Gasteiger partial charge in [0, 0.05) is 0 Å². The number of carbonyl (C=O) groups is 2. The highest BCUT2D eigenvalue weighted by Gasteiger charge is 2.29. The molecule has 0 aliphatic carbocycles. The van der Waals surface area contributed by atoms with E-state index in [2.05, 4.69) is 25.8 Å². The van der Waals surface area contributed by atoms with Crippen molar-refractivity contribution in [3.05, 3.63) is 42.4 Å². The van der Waals surface area contributed by atoms with Crippen molar-refractivity contribution in [2.75, 3.05) is 12.4 Å². The van der Waals surface area contributed by atoms with Crippen molar-refractivity contribution in [1.82, 2.24) is 25.2 Å². The number of tetrazole rings is 1. The first-order chi connectivity index (χ1) is 13.5. The molecule has 3 aromatic rings. The average Bonchev–Trinajstić information content (AvgIpc) is 3.38. The number of rotatable bonds is 7. The smallest absolute Gasteiger partial charge is 0.358 e. The van der Waals surface area contributed by atoms with Crippen LogP contribution in [0.15, 0.2) is 36.7 Å². The van der Waals surface area contributed by atoms with E-state index < -0.39 is 12.0 Å². The Morgan fingerprint density at radius 2 is 2.04 bits per heavy atom. The topological polar surface area (TPSA) is 112 Å². The molecule has 28 heavy (non-hydrogen) atoms. The van der Waals surface area contributed by atoms with E-state index in [1.165, 1.54) is 29.5 Å². The number of carbonyl (C=O) groups excluding carboxylic acids is 2. The van der Waals surface area contributed by atoms with Gasteiger partial charge in [-0.25, -0.2) is 14.5 Å². The Labute approximate surface area is 165 Å². The summed E-state index contributed by atoms with van der Waals surface area (Å²) >= 11 is 1.21. The molecule has 10 heteroatoms. The van der Waals surface area contributed by atoms with Crippen LogP contribution in [0.4, 0.5) is 5.13 Å². The Bertz CT molecular complexity index is 942. The van der Waals surface area contributed by atoms with Gasteiger partial charge < -0.3 is 10.1 Å². The van der Waals surface area contributed by atoms with E-state index in [1.807, 2.05) is 44.2 Å². The van der Waals surface area contributed by atoms with Gasteiger partial charge in [-0.05, 0) is 21.9 Å². The van der Waals surface area contributed by atoms with Gasteiger partial charge in [0.25, 0.3) is 5.91 Å². The van der Waals surface area contributed by atoms with Crippen molar-refractivity contribution in [2.24, 2.45) is 5.92 Å². The second-order valence-electron chi connectivity index (χ2n) is 6.16. The number of amides is 1. The highest BCUT2D eigenvalue weighted by Crippen LogP contribution is 2.34. The third-order valence-electron chi connectivity index (χ3n) is 4.37. The number of nitrogens with zero attached hydrogens (tertiary/aromatic N) is 5. The molecule has 0 fully saturated rings. The normalized spacial score (nSPS) is 13.0. The first-order valence-electron chi connectivity index (χ1n) is 8.73. The maximum Gasteiger partial charge on any atom is 0.358 e. The van der Waals surface area contributed by atoms with Crippen LogP contribution < -0.4 is 5.32 Å². The second kappa shape index (κ2) is 8.70. The van der Waals surface area contributed by atoms with E-state index in [0.717, 1.165) is 12.0 Å². The van der Waals surface area contributed by atoms with Crippen LogP contribution >= 0.6 is 11.3 Å². The molecule has 2 aromatic heterocycles. The largest absolute Gasteiger partial charge is 0.464 e. The van der Waals surface area contributed by atoms with Crippen LogP contribution in [0.5, 0.6) is 0 Å². The van der Waals surface area contributed by atoms with E-state index in [1.54, 1.807) is 0 Å². The molecule has 1 N–H and O–H groups in total. The van der Waals surface area contributed by atoms with Crippen molar-refractivity contribution >= 4 is 28.3 Å². The Hall–Kier alpha value is -3.14. The number of ether oxygens (including phenoxy) is 1. The Morgan fingerprint density at radius 1 is 1.29 bits per heavy atom. The SMILES string of the molecule is CC[C@H](C)[C@@H](C(=O)Nc1nc(C(=O)OC)c(-c2ccccc2)s1)n1cnnn1. The standard InChI is InChI=1S/C18H20N6O3S/c1-4-11(2)14(24-10-19-22-23-24)16(25)21-18-20-13(17(26)27-3)15(28-18)12-8-6-5-7-9-12/h5-11,14H,4H2,1-3H3,(H,20,21,25)/t11-,14-/m0/s1. The van der Waals surface area contributed by atoms with E-state index in [4.69, 9.17) is 4.74 Å². The van der Waals surface area contributed by atoms with Crippen LogP contribution in [0, 0.1) is 5.92 Å². The molecule has 0 radical (unpaired) electrons. The molecule has 0 spiro atoms. The maximum atomic E-state index is 12.9. The molecule has 2 atom stereocenters. The predicted octanol–water partition coefficient (Wildman–Crippen LogP) is 2.81. The molecule has 0 saturated carbocycles. The molecule has 0 bridgehead atoms. The fraction of sp³-hybridized carbons (Fsp3) is 0.333. The molecule has 3 rings (SSSR count). The first kappa shape index (κ1) is 19.6. The molecule has 1 aromatic carbocycles. The maximum absolute atomic E-state index is 12.9. The zero-order valence-corrected chi connectivity index (χ0v) is 16.5. The zero-order chi connectivity index (χ0) is 20.1. The van der Waals surface area contributed by atoms with Gasteiger partial charge in [-0.2, -0.15) is 0 Å². The molecule has 0 aliphatic rings. The van der Waals surface area contributed by atoms with Gasteiger partial charge in [0.1, 0.15) is 12.4 Å². The summed E-state index contributed by atoms with van der Waals surface area (Å²) in [5, 5.41) is 14.2. The minimum absolute atomic E-state index is 0.00265. The molecule has 146 valence electrons. The molecule has 9 nitrogen and oxygen atoms in total. The Balaban J connectivity index is 1.92. The van der Waals surface area contributed by atoms with E-state index in [-0.39, 0.29) is 17.5 Å². The van der Waals surface area contributed by atoms with Gasteiger partial charge in [0.05, 0.1) is 12.0 Å². The number of nitrogens with one attached hydrogen (secondary N) is 1. The van der Waals surface area contributed by atoms with E-state index in [9.17, 15) is 9.59 Å². The monoisotopic (exact) mass is 400 g/mol. The summed E-state index contributed by atoms with van der Waals surface area (Å²) < 4.78 is 6.27. The lowest BCUT2D eigenvalue weighted by Crippen LogP contribution is -2.31. The first-order valence-corrected chi connectivity index (χ1v) is 9.54. The van der Waals surface area contributed by atoms with Gasteiger partial charge in [-0.3, -0.25) is 4.79 Å². The molecule has 0 aliphatic heterocycles. The number of benzene rings is 1. The van der Waals surface area contributed by atoms with Gasteiger partial charge >= 0.3 is 5.97 Å².